The number of hydrogen-bond donors (Lipinski definition) is 2. The molecule has 0 radical (unpaired) electrons. The van der Waals surface area contributed by atoms with Gasteiger partial charge in [0, 0.05) is 13.0 Å². The molecule has 1 aliphatic rings. The molecule has 1 unspecified atom stereocenters. The number of halogens is 1. The van der Waals surface area contributed by atoms with Crippen LogP contribution in [-0.4, -0.2) is 53.1 Å². The van der Waals surface area contributed by atoms with Crippen LogP contribution in [0.4, 0.5) is 9.18 Å². The van der Waals surface area contributed by atoms with Crippen molar-refractivity contribution in [3.05, 3.63) is 35.6 Å². The summed E-state index contributed by atoms with van der Waals surface area (Å²) in [6, 6.07) is 6.12. The quantitative estimate of drug-likeness (QED) is 0.843. The van der Waals surface area contributed by atoms with Crippen LogP contribution in [0.3, 0.4) is 0 Å². The van der Waals surface area contributed by atoms with E-state index in [0.29, 0.717) is 5.56 Å². The number of carboxylic acid groups (broad SMARTS) is 1. The van der Waals surface area contributed by atoms with Crippen molar-refractivity contribution in [1.82, 2.24) is 4.90 Å². The molecule has 2 rings (SSSR count). The third-order valence-corrected chi connectivity index (χ3v) is 3.11. The predicted octanol–water partition coefficient (Wildman–Crippen LogP) is 1.11. The summed E-state index contributed by atoms with van der Waals surface area (Å²) in [5.74, 6) is -0.415. The van der Waals surface area contributed by atoms with Crippen molar-refractivity contribution in [3.8, 4) is 0 Å². The van der Waals surface area contributed by atoms with E-state index in [2.05, 4.69) is 0 Å². The standard InChI is InChI=1S/C13H16FNO4/c14-11-4-2-1-3-10(11)7-13(18)8-15(12(16)17)5-6-19-9-13/h1-4,18H,5-9H2,(H,16,17). The minimum absolute atomic E-state index is 0.00882. The fraction of sp³-hybridized carbons (Fsp3) is 0.462. The highest BCUT2D eigenvalue weighted by Crippen LogP contribution is 2.20. The van der Waals surface area contributed by atoms with Crippen molar-refractivity contribution in [2.75, 3.05) is 26.3 Å². The Balaban J connectivity index is 2.16. The van der Waals surface area contributed by atoms with Gasteiger partial charge in [-0.05, 0) is 11.6 Å². The van der Waals surface area contributed by atoms with Gasteiger partial charge in [0.1, 0.15) is 11.4 Å². The van der Waals surface area contributed by atoms with E-state index in [1.807, 2.05) is 0 Å². The van der Waals surface area contributed by atoms with Crippen molar-refractivity contribution >= 4 is 6.09 Å². The first-order valence-electron chi connectivity index (χ1n) is 6.02. The Labute approximate surface area is 110 Å². The van der Waals surface area contributed by atoms with Crippen molar-refractivity contribution in [3.63, 3.8) is 0 Å². The lowest BCUT2D eigenvalue weighted by atomic mass is 9.94. The van der Waals surface area contributed by atoms with Crippen LogP contribution in [0, 0.1) is 5.82 Å². The second-order valence-corrected chi connectivity index (χ2v) is 4.75. The van der Waals surface area contributed by atoms with Gasteiger partial charge in [-0.3, -0.25) is 0 Å². The van der Waals surface area contributed by atoms with Crippen molar-refractivity contribution in [2.45, 2.75) is 12.0 Å². The number of carbonyl (C=O) groups is 1. The van der Waals surface area contributed by atoms with E-state index in [1.54, 1.807) is 18.2 Å². The van der Waals surface area contributed by atoms with Crippen LogP contribution in [-0.2, 0) is 11.2 Å². The Morgan fingerprint density at radius 3 is 2.89 bits per heavy atom. The Kier molecular flexibility index (Phi) is 4.01. The number of β-amino-alcohol motifs (C(OH)–C–C–N with tert-alkyl or cyclic N) is 1. The van der Waals surface area contributed by atoms with Gasteiger partial charge in [-0.1, -0.05) is 18.2 Å². The number of hydrogen-bond acceptors (Lipinski definition) is 3. The zero-order chi connectivity index (χ0) is 13.9. The number of ether oxygens (including phenoxy) is 1. The maximum Gasteiger partial charge on any atom is 0.407 e. The number of rotatable bonds is 2. The summed E-state index contributed by atoms with van der Waals surface area (Å²) in [6.45, 7) is 0.336. The Morgan fingerprint density at radius 1 is 1.47 bits per heavy atom. The normalized spacial score (nSPS) is 24.0. The Bertz CT molecular complexity index is 468. The Hall–Kier alpha value is -1.66. The second-order valence-electron chi connectivity index (χ2n) is 4.75. The summed E-state index contributed by atoms with van der Waals surface area (Å²) in [6.07, 6.45) is -1.10. The molecule has 1 aromatic carbocycles. The fourth-order valence-corrected chi connectivity index (χ4v) is 2.18. The molecule has 1 amide bonds. The summed E-state index contributed by atoms with van der Waals surface area (Å²) in [4.78, 5) is 12.1. The van der Waals surface area contributed by atoms with Gasteiger partial charge < -0.3 is 19.8 Å². The van der Waals surface area contributed by atoms with Gasteiger partial charge in [0.15, 0.2) is 0 Å². The van der Waals surface area contributed by atoms with Crippen LogP contribution < -0.4 is 0 Å². The van der Waals surface area contributed by atoms with Gasteiger partial charge in [0.25, 0.3) is 0 Å². The smallest absolute Gasteiger partial charge is 0.407 e. The molecule has 2 N–H and O–H groups in total. The fourth-order valence-electron chi connectivity index (χ4n) is 2.18. The first-order valence-corrected chi connectivity index (χ1v) is 6.02. The average Bonchev–Trinajstić information content (AvgIpc) is 2.55. The minimum Gasteiger partial charge on any atom is -0.465 e. The summed E-state index contributed by atoms with van der Waals surface area (Å²) in [5, 5.41) is 19.5. The van der Waals surface area contributed by atoms with Gasteiger partial charge in [-0.2, -0.15) is 0 Å². The molecule has 0 aromatic heterocycles. The van der Waals surface area contributed by atoms with E-state index in [-0.39, 0.29) is 32.7 Å². The molecule has 0 aliphatic carbocycles. The van der Waals surface area contributed by atoms with E-state index in [0.717, 1.165) is 4.90 Å². The van der Waals surface area contributed by atoms with Crippen LogP contribution in [0.15, 0.2) is 24.3 Å². The van der Waals surface area contributed by atoms with E-state index < -0.39 is 17.5 Å². The van der Waals surface area contributed by atoms with Gasteiger partial charge >= 0.3 is 6.09 Å². The van der Waals surface area contributed by atoms with E-state index in [9.17, 15) is 14.3 Å². The molecule has 6 heteroatoms. The number of amides is 1. The predicted molar refractivity (Wildman–Crippen MR) is 65.5 cm³/mol. The lowest BCUT2D eigenvalue weighted by Crippen LogP contribution is -2.47. The molecule has 1 aromatic rings. The topological polar surface area (TPSA) is 70.0 Å². The van der Waals surface area contributed by atoms with Crippen molar-refractivity contribution in [2.24, 2.45) is 0 Å². The highest BCUT2D eigenvalue weighted by molar-refractivity contribution is 5.65. The van der Waals surface area contributed by atoms with Crippen molar-refractivity contribution < 1.29 is 24.1 Å². The van der Waals surface area contributed by atoms with Crippen LogP contribution >= 0.6 is 0 Å². The molecule has 0 spiro atoms. The Morgan fingerprint density at radius 2 is 2.21 bits per heavy atom. The van der Waals surface area contributed by atoms with Crippen LogP contribution in [0.25, 0.3) is 0 Å². The molecular weight excluding hydrogens is 253 g/mol. The van der Waals surface area contributed by atoms with Crippen LogP contribution in [0.5, 0.6) is 0 Å². The van der Waals surface area contributed by atoms with Crippen LogP contribution in [0.1, 0.15) is 5.56 Å². The summed E-state index contributed by atoms with van der Waals surface area (Å²) >= 11 is 0. The van der Waals surface area contributed by atoms with Gasteiger partial charge in [-0.25, -0.2) is 9.18 Å². The van der Waals surface area contributed by atoms with Gasteiger partial charge in [-0.15, -0.1) is 0 Å². The number of aliphatic hydroxyl groups is 1. The second kappa shape index (κ2) is 5.54. The first kappa shape index (κ1) is 13.8. The van der Waals surface area contributed by atoms with E-state index in [1.165, 1.54) is 6.07 Å². The SMILES string of the molecule is O=C(O)N1CCOCC(O)(Cc2ccccc2F)C1. The molecule has 0 saturated carbocycles. The third kappa shape index (κ3) is 3.42. The highest BCUT2D eigenvalue weighted by Gasteiger charge is 2.35. The van der Waals surface area contributed by atoms with Crippen molar-refractivity contribution in [1.29, 1.82) is 0 Å². The molecule has 5 nitrogen and oxygen atoms in total. The first-order chi connectivity index (χ1) is 9.00. The molecule has 104 valence electrons. The van der Waals surface area contributed by atoms with Crippen LogP contribution in [0.2, 0.25) is 0 Å². The summed E-state index contributed by atoms with van der Waals surface area (Å²) in [7, 11) is 0. The third-order valence-electron chi connectivity index (χ3n) is 3.11. The zero-order valence-corrected chi connectivity index (χ0v) is 10.4. The molecule has 1 atom stereocenters. The lowest BCUT2D eigenvalue weighted by Gasteiger charge is -2.29. The maximum atomic E-state index is 13.6. The lowest BCUT2D eigenvalue weighted by molar-refractivity contribution is -0.0350. The molecule has 1 heterocycles. The molecular formula is C13H16FNO4. The molecule has 0 bridgehead atoms. The number of nitrogens with zero attached hydrogens (tertiary/aromatic N) is 1. The zero-order valence-electron chi connectivity index (χ0n) is 10.4. The minimum atomic E-state index is -1.41. The average molecular weight is 269 g/mol. The largest absolute Gasteiger partial charge is 0.465 e. The maximum absolute atomic E-state index is 13.6. The van der Waals surface area contributed by atoms with Gasteiger partial charge in [0.2, 0.25) is 0 Å². The molecule has 1 fully saturated rings. The van der Waals surface area contributed by atoms with E-state index in [4.69, 9.17) is 9.84 Å². The van der Waals surface area contributed by atoms with E-state index >= 15 is 0 Å². The number of benzene rings is 1. The summed E-state index contributed by atoms with van der Waals surface area (Å²) < 4.78 is 18.8. The molecule has 1 saturated heterocycles. The highest BCUT2D eigenvalue weighted by atomic mass is 19.1. The molecule has 1 aliphatic heterocycles. The monoisotopic (exact) mass is 269 g/mol. The summed E-state index contributed by atoms with van der Waals surface area (Å²) in [5.41, 5.74) is -1.06. The van der Waals surface area contributed by atoms with Gasteiger partial charge in [0.05, 0.1) is 19.8 Å². The molecule has 19 heavy (non-hydrogen) atoms.